The molecule has 1 atom stereocenters. The highest BCUT2D eigenvalue weighted by atomic mass is 16.7. The second-order valence-electron chi connectivity index (χ2n) is 7.65. The highest BCUT2D eigenvalue weighted by Gasteiger charge is 2.39. The summed E-state index contributed by atoms with van der Waals surface area (Å²) in [5.41, 5.74) is 0. The number of hydrogen-bond acceptors (Lipinski definition) is 2. The van der Waals surface area contributed by atoms with E-state index in [1.165, 1.54) is 70.6 Å². The summed E-state index contributed by atoms with van der Waals surface area (Å²) >= 11 is 0. The Labute approximate surface area is 159 Å². The van der Waals surface area contributed by atoms with Crippen molar-refractivity contribution in [2.45, 2.75) is 130 Å². The van der Waals surface area contributed by atoms with Crippen LogP contribution in [0.1, 0.15) is 125 Å². The van der Waals surface area contributed by atoms with Crippen LogP contribution in [0, 0.1) is 5.92 Å². The largest absolute Gasteiger partial charge is 0.350 e. The Kier molecular flexibility index (Phi) is 17.3. The van der Waals surface area contributed by atoms with Crippen LogP contribution in [0.4, 0.5) is 0 Å². The number of rotatable bonds is 19. The fraction of sp³-hybridized carbons (Fsp3) is 1.00. The SMILES string of the molecule is CCCCCCCCC(CCC)C(CCCC)(OCCC)OCCC. The fourth-order valence-electron chi connectivity index (χ4n) is 3.70. The van der Waals surface area contributed by atoms with Gasteiger partial charge in [-0.15, -0.1) is 0 Å². The van der Waals surface area contributed by atoms with E-state index in [9.17, 15) is 0 Å². The van der Waals surface area contributed by atoms with E-state index < -0.39 is 0 Å². The molecule has 0 N–H and O–H groups in total. The Morgan fingerprint density at radius 2 is 1.12 bits per heavy atom. The lowest BCUT2D eigenvalue weighted by Gasteiger charge is -2.41. The van der Waals surface area contributed by atoms with Crippen molar-refractivity contribution in [2.24, 2.45) is 5.92 Å². The van der Waals surface area contributed by atoms with E-state index in [1.54, 1.807) is 0 Å². The fourth-order valence-corrected chi connectivity index (χ4v) is 3.70. The summed E-state index contributed by atoms with van der Waals surface area (Å²) in [5, 5.41) is 0. The van der Waals surface area contributed by atoms with Gasteiger partial charge in [-0.1, -0.05) is 86.0 Å². The first-order valence-corrected chi connectivity index (χ1v) is 11.5. The molecule has 0 rings (SSSR count). The molecule has 2 heteroatoms. The Hall–Kier alpha value is -0.0800. The van der Waals surface area contributed by atoms with E-state index >= 15 is 0 Å². The van der Waals surface area contributed by atoms with Crippen LogP contribution in [0.5, 0.6) is 0 Å². The smallest absolute Gasteiger partial charge is 0.171 e. The molecule has 0 aliphatic heterocycles. The molecule has 0 heterocycles. The Balaban J connectivity index is 4.88. The first kappa shape index (κ1) is 24.9. The molecule has 0 saturated heterocycles. The number of unbranched alkanes of at least 4 members (excludes halogenated alkanes) is 6. The minimum Gasteiger partial charge on any atom is -0.350 e. The van der Waals surface area contributed by atoms with Gasteiger partial charge in [-0.3, -0.25) is 0 Å². The molecule has 0 fully saturated rings. The van der Waals surface area contributed by atoms with Gasteiger partial charge in [-0.2, -0.15) is 0 Å². The van der Waals surface area contributed by atoms with Crippen LogP contribution in [-0.2, 0) is 9.47 Å². The molecular weight excluding hydrogens is 308 g/mol. The molecule has 0 spiro atoms. The quantitative estimate of drug-likeness (QED) is 0.173. The lowest BCUT2D eigenvalue weighted by molar-refractivity contribution is -0.274. The minimum absolute atomic E-state index is 0.332. The van der Waals surface area contributed by atoms with Gasteiger partial charge in [0.1, 0.15) is 0 Å². The molecule has 0 bridgehead atoms. The summed E-state index contributed by atoms with van der Waals surface area (Å²) in [6.07, 6.45) is 17.5. The van der Waals surface area contributed by atoms with Crippen molar-refractivity contribution in [1.82, 2.24) is 0 Å². The van der Waals surface area contributed by atoms with Gasteiger partial charge in [-0.25, -0.2) is 0 Å². The van der Waals surface area contributed by atoms with Gasteiger partial charge < -0.3 is 9.47 Å². The second-order valence-corrected chi connectivity index (χ2v) is 7.65. The van der Waals surface area contributed by atoms with Crippen LogP contribution in [0.25, 0.3) is 0 Å². The third kappa shape index (κ3) is 11.3. The summed E-state index contributed by atoms with van der Waals surface area (Å²) < 4.78 is 12.9. The molecule has 0 saturated carbocycles. The highest BCUT2D eigenvalue weighted by Crippen LogP contribution is 2.37. The van der Waals surface area contributed by atoms with Gasteiger partial charge in [0.05, 0.1) is 0 Å². The third-order valence-electron chi connectivity index (χ3n) is 5.15. The summed E-state index contributed by atoms with van der Waals surface area (Å²) in [4.78, 5) is 0. The molecule has 152 valence electrons. The van der Waals surface area contributed by atoms with Crippen molar-refractivity contribution < 1.29 is 9.47 Å². The van der Waals surface area contributed by atoms with E-state index in [2.05, 4.69) is 34.6 Å². The summed E-state index contributed by atoms with van der Waals surface area (Å²) in [6.45, 7) is 12.9. The monoisotopic (exact) mass is 356 g/mol. The van der Waals surface area contributed by atoms with Gasteiger partial charge in [0.15, 0.2) is 5.79 Å². The zero-order valence-corrected chi connectivity index (χ0v) is 18.2. The third-order valence-corrected chi connectivity index (χ3v) is 5.15. The molecular formula is C23H48O2. The van der Waals surface area contributed by atoms with E-state index in [0.29, 0.717) is 5.92 Å². The maximum Gasteiger partial charge on any atom is 0.171 e. The van der Waals surface area contributed by atoms with E-state index in [4.69, 9.17) is 9.47 Å². The van der Waals surface area contributed by atoms with Crippen molar-refractivity contribution in [2.75, 3.05) is 13.2 Å². The Morgan fingerprint density at radius 3 is 1.64 bits per heavy atom. The molecule has 0 aliphatic carbocycles. The normalized spacial score (nSPS) is 13.3. The summed E-state index contributed by atoms with van der Waals surface area (Å²) in [5.74, 6) is 0.217. The molecule has 0 amide bonds. The van der Waals surface area contributed by atoms with E-state index in [1.807, 2.05) is 0 Å². The lowest BCUT2D eigenvalue weighted by atomic mass is 9.85. The molecule has 0 radical (unpaired) electrons. The van der Waals surface area contributed by atoms with Gasteiger partial charge in [0, 0.05) is 25.6 Å². The van der Waals surface area contributed by atoms with E-state index in [-0.39, 0.29) is 5.79 Å². The summed E-state index contributed by atoms with van der Waals surface area (Å²) in [7, 11) is 0. The van der Waals surface area contributed by atoms with E-state index in [0.717, 1.165) is 32.5 Å². The predicted molar refractivity (Wildman–Crippen MR) is 111 cm³/mol. The molecule has 0 aromatic heterocycles. The number of ether oxygens (including phenoxy) is 2. The summed E-state index contributed by atoms with van der Waals surface area (Å²) in [6, 6.07) is 0. The molecule has 1 unspecified atom stereocenters. The average molecular weight is 357 g/mol. The van der Waals surface area contributed by atoms with Gasteiger partial charge in [-0.05, 0) is 32.1 Å². The Morgan fingerprint density at radius 1 is 0.560 bits per heavy atom. The standard InChI is InChI=1S/C23H48O2/c1-6-11-13-14-15-16-18-22(17-8-3)23(19-12-7-2,24-20-9-4)25-21-10-5/h22H,6-21H2,1-5H3. The van der Waals surface area contributed by atoms with Gasteiger partial charge in [0.25, 0.3) is 0 Å². The molecule has 0 aliphatic rings. The van der Waals surface area contributed by atoms with Crippen molar-refractivity contribution in [1.29, 1.82) is 0 Å². The molecule has 0 aromatic carbocycles. The highest BCUT2D eigenvalue weighted by molar-refractivity contribution is 4.81. The van der Waals surface area contributed by atoms with Crippen molar-refractivity contribution in [3.63, 3.8) is 0 Å². The first-order valence-electron chi connectivity index (χ1n) is 11.5. The lowest BCUT2D eigenvalue weighted by Crippen LogP contribution is -2.44. The maximum atomic E-state index is 6.47. The topological polar surface area (TPSA) is 18.5 Å². The number of hydrogen-bond donors (Lipinski definition) is 0. The average Bonchev–Trinajstić information content (AvgIpc) is 2.63. The van der Waals surface area contributed by atoms with Gasteiger partial charge >= 0.3 is 0 Å². The van der Waals surface area contributed by atoms with Crippen molar-refractivity contribution in [3.05, 3.63) is 0 Å². The van der Waals surface area contributed by atoms with Crippen LogP contribution in [0.3, 0.4) is 0 Å². The van der Waals surface area contributed by atoms with Gasteiger partial charge in [0.2, 0.25) is 0 Å². The van der Waals surface area contributed by atoms with Crippen LogP contribution in [-0.4, -0.2) is 19.0 Å². The second kappa shape index (κ2) is 17.3. The Bertz CT molecular complexity index is 243. The molecule has 2 nitrogen and oxygen atoms in total. The van der Waals surface area contributed by atoms with Crippen LogP contribution in [0.2, 0.25) is 0 Å². The zero-order chi connectivity index (χ0) is 18.8. The zero-order valence-electron chi connectivity index (χ0n) is 18.2. The first-order chi connectivity index (χ1) is 12.2. The van der Waals surface area contributed by atoms with Crippen LogP contribution in [0.15, 0.2) is 0 Å². The maximum absolute atomic E-state index is 6.47. The minimum atomic E-state index is -0.332. The molecule has 25 heavy (non-hydrogen) atoms. The molecule has 0 aromatic rings. The van der Waals surface area contributed by atoms with Crippen LogP contribution >= 0.6 is 0 Å². The van der Waals surface area contributed by atoms with Crippen molar-refractivity contribution in [3.8, 4) is 0 Å². The predicted octanol–water partition coefficient (Wildman–Crippen LogP) is 7.89. The van der Waals surface area contributed by atoms with Crippen molar-refractivity contribution >= 4 is 0 Å². The van der Waals surface area contributed by atoms with Crippen LogP contribution < -0.4 is 0 Å².